The highest BCUT2D eigenvalue weighted by atomic mass is 19.1. The summed E-state index contributed by atoms with van der Waals surface area (Å²) in [7, 11) is 0. The van der Waals surface area contributed by atoms with Crippen LogP contribution < -0.4 is 10.6 Å². The van der Waals surface area contributed by atoms with E-state index < -0.39 is 11.7 Å². The van der Waals surface area contributed by atoms with Crippen molar-refractivity contribution in [2.24, 2.45) is 0 Å². The third-order valence-electron chi connectivity index (χ3n) is 4.36. The first kappa shape index (κ1) is 19.2. The van der Waals surface area contributed by atoms with Gasteiger partial charge in [0.2, 0.25) is 5.91 Å². The van der Waals surface area contributed by atoms with E-state index >= 15 is 0 Å². The number of carbonyl (C=O) groups excluding carboxylic acids is 2. The number of hydrogen-bond donors (Lipinski definition) is 2. The minimum atomic E-state index is -0.594. The van der Waals surface area contributed by atoms with E-state index in [1.165, 1.54) is 22.9 Å². The lowest BCUT2D eigenvalue weighted by molar-refractivity contribution is -0.117. The van der Waals surface area contributed by atoms with Gasteiger partial charge in [-0.2, -0.15) is 0 Å². The predicted octanol–water partition coefficient (Wildman–Crippen LogP) is 3.23. The Labute approximate surface area is 161 Å². The number of halogens is 1. The normalized spacial score (nSPS) is 10.6. The average Bonchev–Trinajstić information content (AvgIpc) is 3.01. The Morgan fingerprint density at radius 3 is 2.36 bits per heavy atom. The number of para-hydroxylation sites is 2. The summed E-state index contributed by atoms with van der Waals surface area (Å²) in [5, 5.41) is 13.0. The number of hydrogen-bond acceptors (Lipinski definition) is 4. The summed E-state index contributed by atoms with van der Waals surface area (Å²) in [5.41, 5.74) is 3.15. The fraction of sp³-hybridized carbons (Fsp3) is 0.200. The summed E-state index contributed by atoms with van der Waals surface area (Å²) in [6, 6.07) is 11.6. The second-order valence-electron chi connectivity index (χ2n) is 6.43. The predicted molar refractivity (Wildman–Crippen MR) is 104 cm³/mol. The number of rotatable bonds is 5. The fourth-order valence-electron chi connectivity index (χ4n) is 2.79. The van der Waals surface area contributed by atoms with E-state index in [0.29, 0.717) is 5.69 Å². The van der Waals surface area contributed by atoms with Gasteiger partial charge in [-0.1, -0.05) is 35.5 Å². The SMILES string of the molecule is Cc1cccc(C)c1NC(=O)Cn1nnc(C(=O)Nc2ccccc2F)c1C. The van der Waals surface area contributed by atoms with E-state index in [0.717, 1.165) is 16.8 Å². The number of amides is 2. The van der Waals surface area contributed by atoms with Crippen LogP contribution in [0.25, 0.3) is 0 Å². The maximum absolute atomic E-state index is 13.7. The van der Waals surface area contributed by atoms with Crippen LogP contribution in [-0.2, 0) is 11.3 Å². The molecule has 0 aliphatic carbocycles. The van der Waals surface area contributed by atoms with Gasteiger partial charge in [0.15, 0.2) is 5.69 Å². The molecule has 0 saturated heterocycles. The van der Waals surface area contributed by atoms with E-state index in [1.807, 2.05) is 32.0 Å². The quantitative estimate of drug-likeness (QED) is 0.710. The van der Waals surface area contributed by atoms with Crippen LogP contribution in [0.4, 0.5) is 15.8 Å². The second kappa shape index (κ2) is 7.99. The van der Waals surface area contributed by atoms with Crippen LogP contribution in [0.2, 0.25) is 0 Å². The zero-order valence-corrected chi connectivity index (χ0v) is 15.8. The van der Waals surface area contributed by atoms with E-state index in [4.69, 9.17) is 0 Å². The lowest BCUT2D eigenvalue weighted by Gasteiger charge is -2.11. The van der Waals surface area contributed by atoms with Crippen molar-refractivity contribution in [2.75, 3.05) is 10.6 Å². The van der Waals surface area contributed by atoms with Gasteiger partial charge in [0, 0.05) is 5.69 Å². The summed E-state index contributed by atoms with van der Waals surface area (Å²) in [4.78, 5) is 24.8. The number of carbonyl (C=O) groups is 2. The molecular formula is C20H20FN5O2. The van der Waals surface area contributed by atoms with Crippen molar-refractivity contribution < 1.29 is 14.0 Å². The number of aromatic nitrogens is 3. The molecule has 2 aromatic carbocycles. The molecule has 2 N–H and O–H groups in total. The highest BCUT2D eigenvalue weighted by Crippen LogP contribution is 2.19. The third-order valence-corrected chi connectivity index (χ3v) is 4.36. The smallest absolute Gasteiger partial charge is 0.278 e. The molecule has 8 heteroatoms. The van der Waals surface area contributed by atoms with Crippen LogP contribution in [0.3, 0.4) is 0 Å². The van der Waals surface area contributed by atoms with E-state index in [-0.39, 0.29) is 23.8 Å². The van der Waals surface area contributed by atoms with Crippen molar-refractivity contribution in [3.8, 4) is 0 Å². The number of nitrogens with zero attached hydrogens (tertiary/aromatic N) is 3. The molecule has 0 aliphatic rings. The van der Waals surface area contributed by atoms with Crippen molar-refractivity contribution in [3.05, 3.63) is 70.8 Å². The summed E-state index contributed by atoms with van der Waals surface area (Å²) in [6.07, 6.45) is 0. The lowest BCUT2D eigenvalue weighted by Crippen LogP contribution is -2.22. The van der Waals surface area contributed by atoms with Gasteiger partial charge in [0.05, 0.1) is 11.4 Å². The molecule has 2 amide bonds. The lowest BCUT2D eigenvalue weighted by atomic mass is 10.1. The second-order valence-corrected chi connectivity index (χ2v) is 6.43. The maximum Gasteiger partial charge on any atom is 0.278 e. The van der Waals surface area contributed by atoms with Crippen molar-refractivity contribution >= 4 is 23.2 Å². The molecule has 3 aromatic rings. The van der Waals surface area contributed by atoms with Gasteiger partial charge >= 0.3 is 0 Å². The minimum absolute atomic E-state index is 0.0307. The summed E-state index contributed by atoms with van der Waals surface area (Å²) in [5.74, 6) is -1.43. The Bertz CT molecular complexity index is 1020. The Morgan fingerprint density at radius 1 is 1.00 bits per heavy atom. The van der Waals surface area contributed by atoms with Crippen molar-refractivity contribution in [2.45, 2.75) is 27.3 Å². The van der Waals surface area contributed by atoms with Gasteiger partial charge in [0.1, 0.15) is 12.4 Å². The Hall–Kier alpha value is -3.55. The largest absolute Gasteiger partial charge is 0.324 e. The van der Waals surface area contributed by atoms with Gasteiger partial charge in [-0.05, 0) is 44.0 Å². The van der Waals surface area contributed by atoms with Crippen LogP contribution in [0.15, 0.2) is 42.5 Å². The molecule has 1 aromatic heterocycles. The van der Waals surface area contributed by atoms with Gasteiger partial charge in [0.25, 0.3) is 5.91 Å². The summed E-state index contributed by atoms with van der Waals surface area (Å²) >= 11 is 0. The molecule has 144 valence electrons. The van der Waals surface area contributed by atoms with Gasteiger partial charge in [-0.25, -0.2) is 9.07 Å². The summed E-state index contributed by atoms with van der Waals surface area (Å²) < 4.78 is 15.0. The highest BCUT2D eigenvalue weighted by Gasteiger charge is 2.19. The van der Waals surface area contributed by atoms with Crippen LogP contribution in [0.5, 0.6) is 0 Å². The van der Waals surface area contributed by atoms with E-state index in [9.17, 15) is 14.0 Å². The first-order valence-electron chi connectivity index (χ1n) is 8.69. The summed E-state index contributed by atoms with van der Waals surface area (Å²) in [6.45, 7) is 5.35. The van der Waals surface area contributed by atoms with Gasteiger partial charge in [-0.3, -0.25) is 9.59 Å². The Morgan fingerprint density at radius 2 is 1.68 bits per heavy atom. The van der Waals surface area contributed by atoms with Crippen molar-refractivity contribution in [1.82, 2.24) is 15.0 Å². The van der Waals surface area contributed by atoms with Crippen LogP contribution in [-0.4, -0.2) is 26.8 Å². The molecule has 0 aliphatic heterocycles. The fourth-order valence-corrected chi connectivity index (χ4v) is 2.79. The maximum atomic E-state index is 13.7. The molecule has 7 nitrogen and oxygen atoms in total. The number of anilines is 2. The van der Waals surface area contributed by atoms with E-state index in [1.54, 1.807) is 13.0 Å². The molecule has 28 heavy (non-hydrogen) atoms. The molecule has 0 spiro atoms. The molecule has 0 fully saturated rings. The van der Waals surface area contributed by atoms with Gasteiger partial charge < -0.3 is 10.6 Å². The Kier molecular flexibility index (Phi) is 5.49. The van der Waals surface area contributed by atoms with Crippen molar-refractivity contribution in [1.29, 1.82) is 0 Å². The van der Waals surface area contributed by atoms with Crippen LogP contribution >= 0.6 is 0 Å². The van der Waals surface area contributed by atoms with Crippen LogP contribution in [0.1, 0.15) is 27.3 Å². The van der Waals surface area contributed by atoms with E-state index in [2.05, 4.69) is 20.9 Å². The first-order valence-corrected chi connectivity index (χ1v) is 8.69. The first-order chi connectivity index (χ1) is 13.4. The minimum Gasteiger partial charge on any atom is -0.324 e. The molecule has 0 radical (unpaired) electrons. The Balaban J connectivity index is 1.71. The molecule has 3 rings (SSSR count). The average molecular weight is 381 g/mol. The van der Waals surface area contributed by atoms with Crippen LogP contribution in [0, 0.1) is 26.6 Å². The zero-order chi connectivity index (χ0) is 20.3. The molecule has 0 unspecified atom stereocenters. The topological polar surface area (TPSA) is 88.9 Å². The third kappa shape index (κ3) is 4.06. The van der Waals surface area contributed by atoms with Gasteiger partial charge in [-0.15, -0.1) is 5.10 Å². The zero-order valence-electron chi connectivity index (χ0n) is 15.8. The number of nitrogens with one attached hydrogen (secondary N) is 2. The molecular weight excluding hydrogens is 361 g/mol. The monoisotopic (exact) mass is 381 g/mol. The molecule has 0 atom stereocenters. The number of benzene rings is 2. The highest BCUT2D eigenvalue weighted by molar-refractivity contribution is 6.03. The van der Waals surface area contributed by atoms with Crippen molar-refractivity contribution in [3.63, 3.8) is 0 Å². The number of aryl methyl sites for hydroxylation is 2. The molecule has 0 bridgehead atoms. The molecule has 1 heterocycles. The molecule has 0 saturated carbocycles. The standard InChI is InChI=1S/C20H20FN5O2/c1-12-7-6-8-13(2)18(12)23-17(27)11-26-14(3)19(24-25-26)20(28)22-16-10-5-4-9-15(16)21/h4-10H,11H2,1-3H3,(H,22,28)(H,23,27).